The molecule has 0 radical (unpaired) electrons. The maximum Gasteiger partial charge on any atom is 0.197 e. The molecule has 0 N–H and O–H groups in total. The minimum absolute atomic E-state index is 0. The van der Waals surface area contributed by atoms with Gasteiger partial charge in [0.15, 0.2) is 5.78 Å². The first kappa shape index (κ1) is 24.8. The maximum absolute atomic E-state index is 13.6. The summed E-state index contributed by atoms with van der Waals surface area (Å²) in [7, 11) is 1.63. The maximum atomic E-state index is 13.6. The molecule has 0 amide bonds. The molecule has 1 aliphatic heterocycles. The fraction of sp³-hybridized carbons (Fsp3) is 0.276. The van der Waals surface area contributed by atoms with E-state index in [0.717, 1.165) is 42.1 Å². The molecule has 0 saturated carbocycles. The zero-order chi connectivity index (χ0) is 23.3. The Labute approximate surface area is 212 Å². The summed E-state index contributed by atoms with van der Waals surface area (Å²) in [6, 6.07) is 22.6. The van der Waals surface area contributed by atoms with E-state index in [9.17, 15) is 4.79 Å². The van der Waals surface area contributed by atoms with Crippen LogP contribution in [0.4, 0.5) is 0 Å². The number of halogens is 1. The van der Waals surface area contributed by atoms with E-state index in [0.29, 0.717) is 29.1 Å². The van der Waals surface area contributed by atoms with Gasteiger partial charge in [0, 0.05) is 23.1 Å². The molecule has 0 bridgehead atoms. The number of carbonyl (C=O) groups excluding carboxylic acids is 1. The first-order chi connectivity index (χ1) is 16.7. The number of hydrogen-bond donors (Lipinski definition) is 0. The van der Waals surface area contributed by atoms with Gasteiger partial charge in [-0.05, 0) is 80.5 Å². The van der Waals surface area contributed by atoms with Crippen LogP contribution in [0.2, 0.25) is 0 Å². The van der Waals surface area contributed by atoms with Gasteiger partial charge >= 0.3 is 0 Å². The second-order valence-corrected chi connectivity index (χ2v) is 8.64. The molecule has 0 aliphatic carbocycles. The van der Waals surface area contributed by atoms with Crippen LogP contribution in [0.15, 0.2) is 77.2 Å². The Kier molecular flexibility index (Phi) is 8.11. The van der Waals surface area contributed by atoms with Gasteiger partial charge in [-0.2, -0.15) is 0 Å². The number of benzene rings is 3. The zero-order valence-electron chi connectivity index (χ0n) is 19.9. The van der Waals surface area contributed by atoms with Crippen molar-refractivity contribution in [2.75, 3.05) is 33.4 Å². The number of fused-ring (bicyclic) bond motifs is 1. The summed E-state index contributed by atoms with van der Waals surface area (Å²) in [4.78, 5) is 16.1. The van der Waals surface area contributed by atoms with Crippen molar-refractivity contribution in [2.24, 2.45) is 0 Å². The minimum Gasteiger partial charge on any atom is -0.497 e. The number of likely N-dealkylation sites (tertiary alicyclic amines) is 1. The zero-order valence-corrected chi connectivity index (χ0v) is 20.7. The standard InChI is InChI=1S/C29H29NO4.ClH/c1-32-23-13-11-22(12-14-23)29-27(25-7-3-4-8-26(25)34-29)28(31)21-9-15-24(16-10-21)33-20-19-30-17-5-2-6-18-30;/h3-4,7-16H,2,5-6,17-20H2,1H3;1H. The van der Waals surface area contributed by atoms with Gasteiger partial charge in [0.1, 0.15) is 29.4 Å². The number of ketones is 1. The molecule has 6 heteroatoms. The van der Waals surface area contributed by atoms with Crippen LogP contribution in [0.1, 0.15) is 35.2 Å². The van der Waals surface area contributed by atoms with Crippen molar-refractivity contribution in [1.29, 1.82) is 0 Å². The molecule has 1 fully saturated rings. The number of methoxy groups -OCH3 is 1. The summed E-state index contributed by atoms with van der Waals surface area (Å²) in [5, 5.41) is 0.806. The van der Waals surface area contributed by atoms with Crippen LogP contribution < -0.4 is 9.47 Å². The third-order valence-electron chi connectivity index (χ3n) is 6.42. The topological polar surface area (TPSA) is 51.9 Å². The molecule has 1 aromatic heterocycles. The number of ether oxygens (including phenoxy) is 2. The predicted octanol–water partition coefficient (Wildman–Crippen LogP) is 6.63. The van der Waals surface area contributed by atoms with Crippen LogP contribution in [-0.2, 0) is 0 Å². The SMILES string of the molecule is COc1ccc(-c2oc3ccccc3c2C(=O)c2ccc(OCCN3CCCCC3)cc2)cc1.Cl. The van der Waals surface area contributed by atoms with Crippen LogP contribution in [0.25, 0.3) is 22.3 Å². The van der Waals surface area contributed by atoms with Gasteiger partial charge in [-0.1, -0.05) is 24.6 Å². The van der Waals surface area contributed by atoms with E-state index >= 15 is 0 Å². The molecule has 1 saturated heterocycles. The number of furan rings is 1. The smallest absolute Gasteiger partial charge is 0.197 e. The Balaban J connectivity index is 0.00000289. The number of para-hydroxylation sites is 1. The second-order valence-electron chi connectivity index (χ2n) is 8.64. The Morgan fingerprint density at radius 3 is 2.29 bits per heavy atom. The Hall–Kier alpha value is -3.28. The molecule has 0 spiro atoms. The van der Waals surface area contributed by atoms with Crippen molar-refractivity contribution < 1.29 is 18.7 Å². The predicted molar refractivity (Wildman–Crippen MR) is 141 cm³/mol. The largest absolute Gasteiger partial charge is 0.497 e. The first-order valence-corrected chi connectivity index (χ1v) is 11.9. The Morgan fingerprint density at radius 1 is 0.886 bits per heavy atom. The summed E-state index contributed by atoms with van der Waals surface area (Å²) in [6.45, 7) is 3.91. The Morgan fingerprint density at radius 2 is 1.57 bits per heavy atom. The van der Waals surface area contributed by atoms with E-state index < -0.39 is 0 Å². The van der Waals surface area contributed by atoms with E-state index in [1.165, 1.54) is 19.3 Å². The summed E-state index contributed by atoms with van der Waals surface area (Å²) in [5.41, 5.74) is 2.69. The van der Waals surface area contributed by atoms with Crippen molar-refractivity contribution in [3.63, 3.8) is 0 Å². The lowest BCUT2D eigenvalue weighted by Crippen LogP contribution is -2.33. The van der Waals surface area contributed by atoms with Gasteiger partial charge in [-0.15, -0.1) is 12.4 Å². The quantitative estimate of drug-likeness (QED) is 0.259. The molecule has 0 atom stereocenters. The fourth-order valence-corrected chi connectivity index (χ4v) is 4.54. The van der Waals surface area contributed by atoms with Gasteiger partial charge in [-0.3, -0.25) is 9.69 Å². The van der Waals surface area contributed by atoms with Crippen molar-refractivity contribution in [3.05, 3.63) is 83.9 Å². The third kappa shape index (κ3) is 5.53. The van der Waals surface area contributed by atoms with E-state index in [-0.39, 0.29) is 18.2 Å². The lowest BCUT2D eigenvalue weighted by atomic mass is 9.97. The van der Waals surface area contributed by atoms with Crippen molar-refractivity contribution in [1.82, 2.24) is 4.90 Å². The normalized spacial score (nSPS) is 13.9. The highest BCUT2D eigenvalue weighted by molar-refractivity contribution is 6.19. The Bertz CT molecular complexity index is 1260. The average molecular weight is 492 g/mol. The lowest BCUT2D eigenvalue weighted by molar-refractivity contribution is 0.104. The van der Waals surface area contributed by atoms with E-state index in [1.54, 1.807) is 7.11 Å². The number of nitrogens with zero attached hydrogens (tertiary/aromatic N) is 1. The molecule has 1 aliphatic rings. The third-order valence-corrected chi connectivity index (χ3v) is 6.42. The van der Waals surface area contributed by atoms with Crippen LogP contribution in [-0.4, -0.2) is 44.0 Å². The van der Waals surface area contributed by atoms with Crippen LogP contribution in [0.3, 0.4) is 0 Å². The van der Waals surface area contributed by atoms with E-state index in [1.807, 2.05) is 72.8 Å². The monoisotopic (exact) mass is 491 g/mol. The van der Waals surface area contributed by atoms with Crippen LogP contribution in [0.5, 0.6) is 11.5 Å². The summed E-state index contributed by atoms with van der Waals surface area (Å²) >= 11 is 0. The van der Waals surface area contributed by atoms with Gasteiger partial charge in [-0.25, -0.2) is 0 Å². The van der Waals surface area contributed by atoms with E-state index in [4.69, 9.17) is 13.9 Å². The van der Waals surface area contributed by atoms with Crippen molar-refractivity contribution in [2.45, 2.75) is 19.3 Å². The van der Waals surface area contributed by atoms with Gasteiger partial charge in [0.2, 0.25) is 0 Å². The molecule has 0 unspecified atom stereocenters. The van der Waals surface area contributed by atoms with Crippen LogP contribution in [0, 0.1) is 0 Å². The number of carbonyl (C=O) groups is 1. The molecule has 3 aromatic carbocycles. The van der Waals surface area contributed by atoms with E-state index in [2.05, 4.69) is 4.90 Å². The molecule has 35 heavy (non-hydrogen) atoms. The molecule has 5 nitrogen and oxygen atoms in total. The van der Waals surface area contributed by atoms with Crippen molar-refractivity contribution >= 4 is 29.2 Å². The second kappa shape index (κ2) is 11.4. The summed E-state index contributed by atoms with van der Waals surface area (Å²) < 4.78 is 17.4. The average Bonchev–Trinajstić information content (AvgIpc) is 3.29. The highest BCUT2D eigenvalue weighted by atomic mass is 35.5. The lowest BCUT2D eigenvalue weighted by Gasteiger charge is -2.26. The molecule has 4 aromatic rings. The fourth-order valence-electron chi connectivity index (χ4n) is 4.54. The highest BCUT2D eigenvalue weighted by Crippen LogP contribution is 2.36. The summed E-state index contributed by atoms with van der Waals surface area (Å²) in [5.74, 6) is 2.02. The van der Waals surface area contributed by atoms with Crippen molar-refractivity contribution in [3.8, 4) is 22.8 Å². The molecule has 2 heterocycles. The number of piperidine rings is 1. The highest BCUT2D eigenvalue weighted by Gasteiger charge is 2.23. The summed E-state index contributed by atoms with van der Waals surface area (Å²) in [6.07, 6.45) is 3.88. The van der Waals surface area contributed by atoms with Crippen LogP contribution >= 0.6 is 12.4 Å². The van der Waals surface area contributed by atoms with Gasteiger partial charge < -0.3 is 13.9 Å². The molecule has 182 valence electrons. The molecular weight excluding hydrogens is 462 g/mol. The van der Waals surface area contributed by atoms with Gasteiger partial charge in [0.05, 0.1) is 12.7 Å². The first-order valence-electron chi connectivity index (χ1n) is 11.9. The van der Waals surface area contributed by atoms with Gasteiger partial charge in [0.25, 0.3) is 0 Å². The number of hydrogen-bond acceptors (Lipinski definition) is 5. The number of rotatable bonds is 8. The molecular formula is C29H30ClNO4. The molecule has 5 rings (SSSR count). The minimum atomic E-state index is -0.0735.